The van der Waals surface area contributed by atoms with Gasteiger partial charge in [-0.05, 0) is 6.07 Å². The number of nitro benzene ring substituents is 1. The van der Waals surface area contributed by atoms with Crippen LogP contribution in [0.5, 0.6) is 0 Å². The molecule has 6 heteroatoms. The molecule has 15 heavy (non-hydrogen) atoms. The van der Waals surface area contributed by atoms with Crippen LogP contribution in [0, 0.1) is 10.1 Å². The van der Waals surface area contributed by atoms with Crippen LogP contribution in [0.3, 0.4) is 0 Å². The average Bonchev–Trinajstić information content (AvgIpc) is 2.16. The first-order valence-electron chi connectivity index (χ1n) is 4.28. The molecular formula is C9H11N3O3. The van der Waals surface area contributed by atoms with Gasteiger partial charge in [-0.25, -0.2) is 0 Å². The van der Waals surface area contributed by atoms with Gasteiger partial charge in [0.15, 0.2) is 0 Å². The highest BCUT2D eigenvalue weighted by Gasteiger charge is 2.10. The molecule has 0 fully saturated rings. The summed E-state index contributed by atoms with van der Waals surface area (Å²) in [4.78, 5) is 20.9. The van der Waals surface area contributed by atoms with E-state index >= 15 is 0 Å². The Morgan fingerprint density at radius 2 is 2.07 bits per heavy atom. The van der Waals surface area contributed by atoms with Crippen molar-refractivity contribution < 1.29 is 9.72 Å². The van der Waals surface area contributed by atoms with E-state index in [0.29, 0.717) is 11.4 Å². The third kappa shape index (κ3) is 2.67. The minimum absolute atomic E-state index is 0.0576. The number of non-ortho nitro benzene ring substituents is 1. The fourth-order valence-corrected chi connectivity index (χ4v) is 1.16. The number of hydrogen-bond donors (Lipinski definition) is 2. The number of hydrogen-bond acceptors (Lipinski definition) is 4. The predicted octanol–water partition coefficient (Wildman–Crippen LogP) is 1.59. The van der Waals surface area contributed by atoms with Gasteiger partial charge in [-0.3, -0.25) is 14.9 Å². The van der Waals surface area contributed by atoms with E-state index in [1.807, 2.05) is 0 Å². The second-order valence-corrected chi connectivity index (χ2v) is 2.92. The van der Waals surface area contributed by atoms with E-state index in [1.54, 1.807) is 13.1 Å². The van der Waals surface area contributed by atoms with Crippen molar-refractivity contribution in [3.05, 3.63) is 28.3 Å². The molecule has 1 aromatic carbocycles. The lowest BCUT2D eigenvalue weighted by atomic mass is 10.2. The standard InChI is InChI=1S/C9H11N3O3/c1-6(13)11-9-5-7(12(14)15)3-4-8(9)10-2/h3-5,10H,1-2H3,(H,11,13). The number of carbonyl (C=O) groups is 1. The molecule has 1 rings (SSSR count). The molecule has 0 aliphatic heterocycles. The molecule has 1 amide bonds. The Balaban J connectivity index is 3.12. The molecule has 0 aromatic heterocycles. The minimum Gasteiger partial charge on any atom is -0.386 e. The van der Waals surface area contributed by atoms with Crippen molar-refractivity contribution in [2.45, 2.75) is 6.92 Å². The first-order chi connectivity index (χ1) is 7.04. The number of rotatable bonds is 3. The molecule has 0 aliphatic carbocycles. The maximum absolute atomic E-state index is 10.9. The van der Waals surface area contributed by atoms with E-state index in [0.717, 1.165) is 0 Å². The molecule has 0 spiro atoms. The molecule has 0 saturated carbocycles. The van der Waals surface area contributed by atoms with Gasteiger partial charge in [0.1, 0.15) is 0 Å². The lowest BCUT2D eigenvalue weighted by Crippen LogP contribution is -2.08. The van der Waals surface area contributed by atoms with E-state index < -0.39 is 4.92 Å². The van der Waals surface area contributed by atoms with Crippen LogP contribution in [0.1, 0.15) is 6.92 Å². The lowest BCUT2D eigenvalue weighted by molar-refractivity contribution is -0.384. The second-order valence-electron chi connectivity index (χ2n) is 2.92. The van der Waals surface area contributed by atoms with Gasteiger partial charge in [-0.2, -0.15) is 0 Å². The molecule has 0 heterocycles. The number of amides is 1. The zero-order valence-electron chi connectivity index (χ0n) is 8.40. The van der Waals surface area contributed by atoms with Gasteiger partial charge in [-0.1, -0.05) is 0 Å². The fraction of sp³-hybridized carbons (Fsp3) is 0.222. The zero-order valence-corrected chi connectivity index (χ0v) is 8.40. The van der Waals surface area contributed by atoms with Crippen molar-refractivity contribution in [1.82, 2.24) is 0 Å². The first kappa shape index (κ1) is 11.0. The second kappa shape index (κ2) is 4.41. The SMILES string of the molecule is CNc1ccc([N+](=O)[O-])cc1NC(C)=O. The average molecular weight is 209 g/mol. The smallest absolute Gasteiger partial charge is 0.271 e. The predicted molar refractivity (Wildman–Crippen MR) is 56.9 cm³/mol. The van der Waals surface area contributed by atoms with Gasteiger partial charge in [0, 0.05) is 26.1 Å². The van der Waals surface area contributed by atoms with Crippen LogP contribution in [0.4, 0.5) is 17.1 Å². The third-order valence-corrected chi connectivity index (χ3v) is 1.79. The molecule has 0 saturated heterocycles. The molecule has 80 valence electrons. The molecule has 0 radical (unpaired) electrons. The summed E-state index contributed by atoms with van der Waals surface area (Å²) in [6, 6.07) is 4.23. The summed E-state index contributed by atoms with van der Waals surface area (Å²) < 4.78 is 0. The van der Waals surface area contributed by atoms with Crippen LogP contribution in [0.25, 0.3) is 0 Å². The first-order valence-corrected chi connectivity index (χ1v) is 4.28. The molecule has 0 unspecified atom stereocenters. The van der Waals surface area contributed by atoms with Crippen molar-refractivity contribution in [2.75, 3.05) is 17.7 Å². The highest BCUT2D eigenvalue weighted by atomic mass is 16.6. The summed E-state index contributed by atoms with van der Waals surface area (Å²) in [6.45, 7) is 1.35. The number of nitrogens with one attached hydrogen (secondary N) is 2. The van der Waals surface area contributed by atoms with Gasteiger partial charge in [0.25, 0.3) is 5.69 Å². The van der Waals surface area contributed by atoms with Crippen molar-refractivity contribution in [3.63, 3.8) is 0 Å². The minimum atomic E-state index is -0.509. The number of nitrogens with zero attached hydrogens (tertiary/aromatic N) is 1. The molecule has 2 N–H and O–H groups in total. The number of carbonyl (C=O) groups excluding carboxylic acids is 1. The fourth-order valence-electron chi connectivity index (χ4n) is 1.16. The maximum Gasteiger partial charge on any atom is 0.271 e. The number of nitro groups is 1. The Hall–Kier alpha value is -2.11. The van der Waals surface area contributed by atoms with Crippen LogP contribution >= 0.6 is 0 Å². The summed E-state index contributed by atoms with van der Waals surface area (Å²) in [5, 5.41) is 15.9. The highest BCUT2D eigenvalue weighted by Crippen LogP contribution is 2.26. The van der Waals surface area contributed by atoms with Crippen molar-refractivity contribution in [3.8, 4) is 0 Å². The van der Waals surface area contributed by atoms with Gasteiger partial charge >= 0.3 is 0 Å². The topological polar surface area (TPSA) is 84.3 Å². The van der Waals surface area contributed by atoms with Gasteiger partial charge in [0.05, 0.1) is 16.3 Å². The Kier molecular flexibility index (Phi) is 3.22. The van der Waals surface area contributed by atoms with Crippen LogP contribution in [-0.4, -0.2) is 17.9 Å². The van der Waals surface area contributed by atoms with E-state index in [9.17, 15) is 14.9 Å². The van der Waals surface area contributed by atoms with Gasteiger partial charge in [0.2, 0.25) is 5.91 Å². The molecular weight excluding hydrogens is 198 g/mol. The van der Waals surface area contributed by atoms with E-state index in [2.05, 4.69) is 10.6 Å². The van der Waals surface area contributed by atoms with Crippen LogP contribution in [-0.2, 0) is 4.79 Å². The molecule has 0 atom stereocenters. The summed E-state index contributed by atoms with van der Waals surface area (Å²) in [5.74, 6) is -0.271. The van der Waals surface area contributed by atoms with Crippen LogP contribution < -0.4 is 10.6 Å². The number of anilines is 2. The Morgan fingerprint density at radius 1 is 1.40 bits per heavy atom. The monoisotopic (exact) mass is 209 g/mol. The van der Waals surface area contributed by atoms with Crippen molar-refractivity contribution in [1.29, 1.82) is 0 Å². The highest BCUT2D eigenvalue weighted by molar-refractivity contribution is 5.93. The normalized spacial score (nSPS) is 9.47. The Labute approximate surface area is 86.4 Å². The summed E-state index contributed by atoms with van der Waals surface area (Å²) in [5.41, 5.74) is 0.979. The number of benzene rings is 1. The van der Waals surface area contributed by atoms with E-state index in [-0.39, 0.29) is 11.6 Å². The molecule has 0 aliphatic rings. The lowest BCUT2D eigenvalue weighted by Gasteiger charge is -2.08. The molecule has 1 aromatic rings. The maximum atomic E-state index is 10.9. The van der Waals surface area contributed by atoms with E-state index in [4.69, 9.17) is 0 Å². The largest absolute Gasteiger partial charge is 0.386 e. The molecule has 6 nitrogen and oxygen atoms in total. The van der Waals surface area contributed by atoms with Crippen molar-refractivity contribution >= 4 is 23.0 Å². The van der Waals surface area contributed by atoms with Crippen molar-refractivity contribution in [2.24, 2.45) is 0 Å². The van der Waals surface area contributed by atoms with E-state index in [1.165, 1.54) is 19.1 Å². The van der Waals surface area contributed by atoms with Gasteiger partial charge in [-0.15, -0.1) is 0 Å². The summed E-state index contributed by atoms with van der Waals surface area (Å²) in [7, 11) is 1.67. The van der Waals surface area contributed by atoms with Crippen LogP contribution in [0.2, 0.25) is 0 Å². The summed E-state index contributed by atoms with van der Waals surface area (Å²) >= 11 is 0. The zero-order chi connectivity index (χ0) is 11.4. The van der Waals surface area contributed by atoms with Gasteiger partial charge < -0.3 is 10.6 Å². The quantitative estimate of drug-likeness (QED) is 0.584. The molecule has 0 bridgehead atoms. The summed E-state index contributed by atoms with van der Waals surface area (Å²) in [6.07, 6.45) is 0. The third-order valence-electron chi connectivity index (χ3n) is 1.79. The Morgan fingerprint density at radius 3 is 2.53 bits per heavy atom. The Bertz CT molecular complexity index is 404. The van der Waals surface area contributed by atoms with Crippen LogP contribution in [0.15, 0.2) is 18.2 Å².